The van der Waals surface area contributed by atoms with Crippen LogP contribution in [0.2, 0.25) is 0 Å². The lowest BCUT2D eigenvalue weighted by Gasteiger charge is -2.25. The van der Waals surface area contributed by atoms with Crippen LogP contribution in [0.5, 0.6) is 5.75 Å². The maximum atomic E-state index is 13.6. The van der Waals surface area contributed by atoms with Crippen LogP contribution in [0.3, 0.4) is 0 Å². The molecule has 178 valence electrons. The largest absolute Gasteiger partial charge is 0.496 e. The summed E-state index contributed by atoms with van der Waals surface area (Å²) >= 11 is 0. The number of hydrogen-bond acceptors (Lipinski definition) is 5. The summed E-state index contributed by atoms with van der Waals surface area (Å²) in [5.41, 5.74) is 1.20. The van der Waals surface area contributed by atoms with Gasteiger partial charge in [0, 0.05) is 29.9 Å². The number of hydrogen-bond donors (Lipinski definition) is 3. The lowest BCUT2D eigenvalue weighted by molar-refractivity contribution is -0.126. The Balaban J connectivity index is 1.35. The van der Waals surface area contributed by atoms with E-state index in [1.165, 1.54) is 0 Å². The fraction of sp³-hybridized carbons (Fsp3) is 0.520. The Kier molecular flexibility index (Phi) is 5.90. The van der Waals surface area contributed by atoms with Crippen molar-refractivity contribution in [2.75, 3.05) is 20.2 Å². The van der Waals surface area contributed by atoms with Crippen LogP contribution in [-0.4, -0.2) is 59.9 Å². The Bertz CT molecular complexity index is 1160. The van der Waals surface area contributed by atoms with Crippen LogP contribution in [0.25, 0.3) is 10.9 Å². The van der Waals surface area contributed by atoms with Gasteiger partial charge in [-0.2, -0.15) is 5.26 Å². The molecule has 5 rings (SSSR count). The summed E-state index contributed by atoms with van der Waals surface area (Å²) in [5, 5.41) is 16.0. The Hall–Kier alpha value is -3.54. The van der Waals surface area contributed by atoms with Crippen LogP contribution in [0, 0.1) is 29.1 Å². The van der Waals surface area contributed by atoms with E-state index in [1.807, 2.05) is 18.2 Å². The van der Waals surface area contributed by atoms with E-state index in [2.05, 4.69) is 21.7 Å². The normalized spacial score (nSPS) is 25.1. The van der Waals surface area contributed by atoms with Crippen LogP contribution in [0.1, 0.15) is 42.6 Å². The number of nitrogens with zero attached hydrogens (tertiary/aromatic N) is 2. The zero-order valence-corrected chi connectivity index (χ0v) is 19.2. The van der Waals surface area contributed by atoms with Gasteiger partial charge in [0.05, 0.1) is 13.2 Å². The van der Waals surface area contributed by atoms with Gasteiger partial charge in [-0.1, -0.05) is 6.07 Å². The standard InChI is InChI=1S/C25H29N5O4/c1-34-22-4-2-3-19-18(22)11-20(29-19)25(33)30-13-16(14-5-6-14)10-21(30)24(32)28-17(12-26)9-15-7-8-27-23(15)31/h2-4,11,14-17,21,29H,5-10,13H2,1H3,(H,27,31)(H,28,32)/t15-,16+,17-,21-/m0/s1. The van der Waals surface area contributed by atoms with Crippen LogP contribution in [-0.2, 0) is 9.59 Å². The number of fused-ring (bicyclic) bond motifs is 1. The van der Waals surface area contributed by atoms with E-state index in [4.69, 9.17) is 4.74 Å². The summed E-state index contributed by atoms with van der Waals surface area (Å²) < 4.78 is 5.41. The minimum atomic E-state index is -0.768. The Morgan fingerprint density at radius 2 is 2.12 bits per heavy atom. The lowest BCUT2D eigenvalue weighted by Crippen LogP contribution is -2.49. The quantitative estimate of drug-likeness (QED) is 0.578. The van der Waals surface area contributed by atoms with Crippen molar-refractivity contribution in [1.82, 2.24) is 20.5 Å². The minimum Gasteiger partial charge on any atom is -0.496 e. The molecule has 0 unspecified atom stereocenters. The van der Waals surface area contributed by atoms with E-state index < -0.39 is 12.1 Å². The molecular formula is C25H29N5O4. The predicted octanol–water partition coefficient (Wildman–Crippen LogP) is 1.95. The van der Waals surface area contributed by atoms with Gasteiger partial charge in [0.25, 0.3) is 5.91 Å². The lowest BCUT2D eigenvalue weighted by atomic mass is 9.97. The van der Waals surface area contributed by atoms with Crippen LogP contribution < -0.4 is 15.4 Å². The molecule has 0 bridgehead atoms. The van der Waals surface area contributed by atoms with Gasteiger partial charge < -0.3 is 25.3 Å². The Morgan fingerprint density at radius 3 is 2.79 bits per heavy atom. The van der Waals surface area contributed by atoms with Gasteiger partial charge in [0.15, 0.2) is 0 Å². The molecule has 9 heteroatoms. The van der Waals surface area contributed by atoms with Crippen molar-refractivity contribution in [3.63, 3.8) is 0 Å². The first kappa shape index (κ1) is 22.3. The van der Waals surface area contributed by atoms with E-state index >= 15 is 0 Å². The molecule has 3 heterocycles. The highest BCUT2D eigenvalue weighted by atomic mass is 16.5. The SMILES string of the molecule is COc1cccc2[nH]c(C(=O)N3C[C@H](C4CC4)C[C@H]3C(=O)N[C@H](C#N)C[C@@H]3CCNC3=O)cc12. The number of H-pyrrole nitrogens is 1. The number of methoxy groups -OCH3 is 1. The van der Waals surface area contributed by atoms with Crippen LogP contribution in [0.15, 0.2) is 24.3 Å². The summed E-state index contributed by atoms with van der Waals surface area (Å²) in [6.45, 7) is 1.12. The molecule has 0 spiro atoms. The maximum Gasteiger partial charge on any atom is 0.270 e. The molecule has 1 saturated carbocycles. The Morgan fingerprint density at radius 1 is 1.29 bits per heavy atom. The van der Waals surface area contributed by atoms with Crippen molar-refractivity contribution in [3.05, 3.63) is 30.0 Å². The first-order valence-electron chi connectivity index (χ1n) is 11.9. The molecule has 3 fully saturated rings. The molecule has 1 aliphatic carbocycles. The van der Waals surface area contributed by atoms with Gasteiger partial charge in [-0.3, -0.25) is 14.4 Å². The van der Waals surface area contributed by atoms with E-state index in [0.29, 0.717) is 43.3 Å². The third-order valence-electron chi connectivity index (χ3n) is 7.42. The number of amides is 3. The van der Waals surface area contributed by atoms with E-state index in [-0.39, 0.29) is 36.0 Å². The van der Waals surface area contributed by atoms with Crippen molar-refractivity contribution in [1.29, 1.82) is 5.26 Å². The highest BCUT2D eigenvalue weighted by Crippen LogP contribution is 2.43. The number of aromatic amines is 1. The predicted molar refractivity (Wildman–Crippen MR) is 124 cm³/mol. The van der Waals surface area contributed by atoms with E-state index in [0.717, 1.165) is 23.7 Å². The molecule has 2 aliphatic heterocycles. The second-order valence-electron chi connectivity index (χ2n) is 9.61. The number of ether oxygens (including phenoxy) is 1. The number of aromatic nitrogens is 1. The maximum absolute atomic E-state index is 13.6. The van der Waals surface area contributed by atoms with E-state index in [9.17, 15) is 19.6 Å². The van der Waals surface area contributed by atoms with Crippen molar-refractivity contribution < 1.29 is 19.1 Å². The highest BCUT2D eigenvalue weighted by molar-refractivity contribution is 6.01. The minimum absolute atomic E-state index is 0.0739. The third-order valence-corrected chi connectivity index (χ3v) is 7.42. The van der Waals surface area contributed by atoms with Gasteiger partial charge in [-0.15, -0.1) is 0 Å². The zero-order valence-electron chi connectivity index (χ0n) is 19.2. The second-order valence-corrected chi connectivity index (χ2v) is 9.61. The smallest absolute Gasteiger partial charge is 0.270 e. The van der Waals surface area contributed by atoms with Crippen LogP contribution in [0.4, 0.5) is 0 Å². The Labute approximate surface area is 197 Å². The van der Waals surface area contributed by atoms with Gasteiger partial charge in [-0.05, 0) is 62.1 Å². The first-order chi connectivity index (χ1) is 16.5. The average molecular weight is 464 g/mol. The van der Waals surface area contributed by atoms with Crippen molar-refractivity contribution >= 4 is 28.6 Å². The summed E-state index contributed by atoms with van der Waals surface area (Å²) in [6, 6.07) is 8.06. The van der Waals surface area contributed by atoms with Gasteiger partial charge in [0.1, 0.15) is 23.5 Å². The molecule has 4 atom stereocenters. The van der Waals surface area contributed by atoms with Gasteiger partial charge in [-0.25, -0.2) is 0 Å². The van der Waals surface area contributed by atoms with Crippen molar-refractivity contribution in [2.45, 2.75) is 44.2 Å². The fourth-order valence-corrected chi connectivity index (χ4v) is 5.39. The number of carbonyl (C=O) groups excluding carboxylic acids is 3. The molecule has 3 N–H and O–H groups in total. The number of likely N-dealkylation sites (tertiary alicyclic amines) is 1. The number of rotatable bonds is 7. The third kappa shape index (κ3) is 4.20. The molecule has 3 amide bonds. The number of benzene rings is 1. The van der Waals surface area contributed by atoms with Crippen molar-refractivity contribution in [3.8, 4) is 11.8 Å². The summed E-state index contributed by atoms with van der Waals surface area (Å²) in [6.07, 6.45) is 3.79. The molecule has 34 heavy (non-hydrogen) atoms. The summed E-state index contributed by atoms with van der Waals surface area (Å²) in [5.74, 6) is 0.596. The summed E-state index contributed by atoms with van der Waals surface area (Å²) in [7, 11) is 1.59. The highest BCUT2D eigenvalue weighted by Gasteiger charge is 2.46. The molecule has 2 saturated heterocycles. The van der Waals surface area contributed by atoms with Crippen LogP contribution >= 0.6 is 0 Å². The topological polar surface area (TPSA) is 127 Å². The molecule has 0 radical (unpaired) electrons. The zero-order chi connectivity index (χ0) is 23.8. The monoisotopic (exact) mass is 463 g/mol. The molecule has 3 aliphatic rings. The second kappa shape index (κ2) is 9.01. The number of carbonyl (C=O) groups is 3. The molecule has 1 aromatic heterocycles. The van der Waals surface area contributed by atoms with Crippen molar-refractivity contribution in [2.24, 2.45) is 17.8 Å². The fourth-order valence-electron chi connectivity index (χ4n) is 5.39. The average Bonchev–Trinajstić information content (AvgIpc) is 3.25. The summed E-state index contributed by atoms with van der Waals surface area (Å²) in [4.78, 5) is 43.6. The molecule has 9 nitrogen and oxygen atoms in total. The van der Waals surface area contributed by atoms with Gasteiger partial charge in [0.2, 0.25) is 11.8 Å². The number of nitrogens with one attached hydrogen (secondary N) is 3. The van der Waals surface area contributed by atoms with E-state index in [1.54, 1.807) is 18.1 Å². The van der Waals surface area contributed by atoms with Gasteiger partial charge >= 0.3 is 0 Å². The molecule has 1 aromatic carbocycles. The molecule has 2 aromatic rings. The number of nitriles is 1. The molecular weight excluding hydrogens is 434 g/mol. The first-order valence-corrected chi connectivity index (χ1v) is 11.9.